The minimum Gasteiger partial charge on any atom is -0.382 e. The summed E-state index contributed by atoms with van der Waals surface area (Å²) in [5.74, 6) is 1.37. The van der Waals surface area contributed by atoms with E-state index in [9.17, 15) is 4.79 Å². The number of pyridine rings is 1. The largest absolute Gasteiger partial charge is 0.382 e. The SMILES string of the molecule is Nc1nc2cc(Br)ccc2c2nc(CN3CCCCC3=O)[nH]c12. The van der Waals surface area contributed by atoms with Crippen molar-refractivity contribution in [2.75, 3.05) is 12.3 Å². The maximum atomic E-state index is 12.0. The molecule has 0 unspecified atom stereocenters. The molecule has 118 valence electrons. The standard InChI is InChI=1S/C16H16BrN5O/c17-9-4-5-10-11(7-9)19-16(18)15-14(10)20-12(21-15)8-22-6-2-1-3-13(22)23/h4-5,7H,1-3,6,8H2,(H2,18,19)(H,20,21). The summed E-state index contributed by atoms with van der Waals surface area (Å²) in [4.78, 5) is 26.2. The Bertz CT molecular complexity index is 920. The molecule has 4 rings (SSSR count). The van der Waals surface area contributed by atoms with Gasteiger partial charge in [0, 0.05) is 22.8 Å². The van der Waals surface area contributed by atoms with E-state index in [1.54, 1.807) is 0 Å². The number of likely N-dealkylation sites (tertiary alicyclic amines) is 1. The summed E-state index contributed by atoms with van der Waals surface area (Å²) in [7, 11) is 0. The Morgan fingerprint density at radius 3 is 3.00 bits per heavy atom. The van der Waals surface area contributed by atoms with E-state index in [0.717, 1.165) is 51.6 Å². The molecule has 0 radical (unpaired) electrons. The lowest BCUT2D eigenvalue weighted by Crippen LogP contribution is -2.34. The lowest BCUT2D eigenvalue weighted by Gasteiger charge is -2.25. The molecule has 3 N–H and O–H groups in total. The number of carbonyl (C=O) groups excluding carboxylic acids is 1. The van der Waals surface area contributed by atoms with Crippen molar-refractivity contribution in [2.45, 2.75) is 25.8 Å². The molecule has 1 aliphatic rings. The molecule has 1 amide bonds. The van der Waals surface area contributed by atoms with Gasteiger partial charge in [-0.15, -0.1) is 0 Å². The summed E-state index contributed by atoms with van der Waals surface area (Å²) < 4.78 is 0.950. The van der Waals surface area contributed by atoms with E-state index < -0.39 is 0 Å². The van der Waals surface area contributed by atoms with Gasteiger partial charge in [0.25, 0.3) is 0 Å². The third-order valence-electron chi connectivity index (χ3n) is 4.23. The number of H-pyrrole nitrogens is 1. The zero-order valence-electron chi connectivity index (χ0n) is 12.5. The number of anilines is 1. The molecule has 23 heavy (non-hydrogen) atoms. The number of nitrogen functional groups attached to an aromatic ring is 1. The number of imidazole rings is 1. The molecule has 2 aromatic heterocycles. The Morgan fingerprint density at radius 2 is 2.17 bits per heavy atom. The van der Waals surface area contributed by atoms with Crippen LogP contribution in [0, 0.1) is 0 Å². The second kappa shape index (κ2) is 5.49. The predicted molar refractivity (Wildman–Crippen MR) is 92.8 cm³/mol. The predicted octanol–water partition coefficient (Wildman–Crippen LogP) is 2.97. The highest BCUT2D eigenvalue weighted by atomic mass is 79.9. The number of nitrogens with one attached hydrogen (secondary N) is 1. The van der Waals surface area contributed by atoms with Crippen LogP contribution in [0.15, 0.2) is 22.7 Å². The van der Waals surface area contributed by atoms with Crippen LogP contribution in [0.1, 0.15) is 25.1 Å². The summed E-state index contributed by atoms with van der Waals surface area (Å²) in [5.41, 5.74) is 8.41. The van der Waals surface area contributed by atoms with Gasteiger partial charge < -0.3 is 15.6 Å². The first-order chi connectivity index (χ1) is 11.1. The van der Waals surface area contributed by atoms with Crippen molar-refractivity contribution in [2.24, 2.45) is 0 Å². The van der Waals surface area contributed by atoms with Gasteiger partial charge in [0.15, 0.2) is 0 Å². The highest BCUT2D eigenvalue weighted by molar-refractivity contribution is 9.10. The molecule has 1 fully saturated rings. The molecule has 6 nitrogen and oxygen atoms in total. The number of hydrogen-bond acceptors (Lipinski definition) is 4. The molecule has 0 bridgehead atoms. The van der Waals surface area contributed by atoms with E-state index in [-0.39, 0.29) is 5.91 Å². The number of fused-ring (bicyclic) bond motifs is 3. The summed E-state index contributed by atoms with van der Waals surface area (Å²) in [6, 6.07) is 5.86. The van der Waals surface area contributed by atoms with Crippen LogP contribution < -0.4 is 5.73 Å². The van der Waals surface area contributed by atoms with E-state index in [4.69, 9.17) is 5.73 Å². The fraction of sp³-hybridized carbons (Fsp3) is 0.312. The molecule has 3 aromatic rings. The maximum absolute atomic E-state index is 12.0. The number of rotatable bonds is 2. The Kier molecular flexibility index (Phi) is 3.45. The molecular weight excluding hydrogens is 358 g/mol. The molecule has 1 aliphatic heterocycles. The third-order valence-corrected chi connectivity index (χ3v) is 4.72. The smallest absolute Gasteiger partial charge is 0.222 e. The molecule has 7 heteroatoms. The number of nitrogens with two attached hydrogens (primary N) is 1. The molecule has 0 spiro atoms. The minimum absolute atomic E-state index is 0.191. The van der Waals surface area contributed by atoms with Gasteiger partial charge in [-0.25, -0.2) is 9.97 Å². The Hall–Kier alpha value is -2.15. The highest BCUT2D eigenvalue weighted by Gasteiger charge is 2.20. The normalized spacial score (nSPS) is 15.7. The minimum atomic E-state index is 0.191. The number of piperidine rings is 1. The lowest BCUT2D eigenvalue weighted by molar-refractivity contribution is -0.133. The molecule has 0 aliphatic carbocycles. The van der Waals surface area contributed by atoms with Gasteiger partial charge in [0.1, 0.15) is 22.7 Å². The van der Waals surface area contributed by atoms with E-state index in [0.29, 0.717) is 18.8 Å². The van der Waals surface area contributed by atoms with Crippen molar-refractivity contribution in [1.29, 1.82) is 0 Å². The average molecular weight is 374 g/mol. The van der Waals surface area contributed by atoms with Crippen LogP contribution >= 0.6 is 15.9 Å². The van der Waals surface area contributed by atoms with Gasteiger partial charge in [-0.05, 0) is 31.0 Å². The molecule has 0 atom stereocenters. The van der Waals surface area contributed by atoms with Gasteiger partial charge >= 0.3 is 0 Å². The topological polar surface area (TPSA) is 87.9 Å². The molecular formula is C16H16BrN5O. The zero-order valence-corrected chi connectivity index (χ0v) is 14.1. The van der Waals surface area contributed by atoms with Crippen molar-refractivity contribution < 1.29 is 4.79 Å². The number of amides is 1. The van der Waals surface area contributed by atoms with Crippen molar-refractivity contribution in [3.8, 4) is 0 Å². The van der Waals surface area contributed by atoms with Crippen molar-refractivity contribution in [3.63, 3.8) is 0 Å². The number of halogens is 1. The summed E-state index contributed by atoms with van der Waals surface area (Å²) in [6.45, 7) is 1.28. The quantitative estimate of drug-likeness (QED) is 0.722. The first-order valence-electron chi connectivity index (χ1n) is 7.63. The van der Waals surface area contributed by atoms with Gasteiger partial charge in [0.05, 0.1) is 12.1 Å². The molecule has 1 saturated heterocycles. The molecule has 0 saturated carbocycles. The zero-order chi connectivity index (χ0) is 16.0. The maximum Gasteiger partial charge on any atom is 0.222 e. The van der Waals surface area contributed by atoms with Crippen molar-refractivity contribution in [3.05, 3.63) is 28.5 Å². The van der Waals surface area contributed by atoms with E-state index in [1.807, 2.05) is 23.1 Å². The van der Waals surface area contributed by atoms with Gasteiger partial charge in [-0.2, -0.15) is 0 Å². The monoisotopic (exact) mass is 373 g/mol. The second-order valence-corrected chi connectivity index (χ2v) is 6.75. The highest BCUT2D eigenvalue weighted by Crippen LogP contribution is 2.28. The molecule has 1 aromatic carbocycles. The second-order valence-electron chi connectivity index (χ2n) is 5.84. The van der Waals surface area contributed by atoms with Crippen molar-refractivity contribution >= 4 is 49.6 Å². The van der Waals surface area contributed by atoms with Crippen LogP contribution in [0.5, 0.6) is 0 Å². The van der Waals surface area contributed by atoms with E-state index in [1.165, 1.54) is 0 Å². The Balaban J connectivity index is 1.79. The van der Waals surface area contributed by atoms with Crippen LogP contribution in [0.3, 0.4) is 0 Å². The fourth-order valence-electron chi connectivity index (χ4n) is 3.07. The third kappa shape index (κ3) is 2.55. The number of benzene rings is 1. The van der Waals surface area contributed by atoms with Crippen LogP contribution in [-0.4, -0.2) is 32.3 Å². The first-order valence-corrected chi connectivity index (χ1v) is 8.42. The van der Waals surface area contributed by atoms with Crippen LogP contribution in [0.4, 0.5) is 5.82 Å². The number of hydrogen-bond donors (Lipinski definition) is 2. The molecule has 3 heterocycles. The summed E-state index contributed by atoms with van der Waals surface area (Å²) in [5, 5.41) is 0.949. The van der Waals surface area contributed by atoms with E-state index >= 15 is 0 Å². The average Bonchev–Trinajstić information content (AvgIpc) is 2.94. The lowest BCUT2D eigenvalue weighted by atomic mass is 10.1. The van der Waals surface area contributed by atoms with Crippen LogP contribution in [0.25, 0.3) is 21.9 Å². The van der Waals surface area contributed by atoms with Gasteiger partial charge in [0.2, 0.25) is 5.91 Å². The van der Waals surface area contributed by atoms with Crippen LogP contribution in [0.2, 0.25) is 0 Å². The number of aromatic nitrogens is 3. The number of aromatic amines is 1. The Morgan fingerprint density at radius 1 is 1.30 bits per heavy atom. The summed E-state index contributed by atoms with van der Waals surface area (Å²) >= 11 is 3.45. The van der Waals surface area contributed by atoms with Crippen LogP contribution in [-0.2, 0) is 11.3 Å². The van der Waals surface area contributed by atoms with Gasteiger partial charge in [-0.3, -0.25) is 4.79 Å². The van der Waals surface area contributed by atoms with Crippen molar-refractivity contribution in [1.82, 2.24) is 19.9 Å². The van der Waals surface area contributed by atoms with E-state index in [2.05, 4.69) is 30.9 Å². The number of nitrogens with zero attached hydrogens (tertiary/aromatic N) is 3. The fourth-order valence-corrected chi connectivity index (χ4v) is 3.42. The van der Waals surface area contributed by atoms with Gasteiger partial charge in [-0.1, -0.05) is 15.9 Å². The summed E-state index contributed by atoms with van der Waals surface area (Å²) in [6.07, 6.45) is 2.65. The first kappa shape index (κ1) is 14.4. The Labute approximate surface area is 141 Å². The number of carbonyl (C=O) groups is 1.